The van der Waals surface area contributed by atoms with Gasteiger partial charge in [-0.1, -0.05) is 24.2 Å². The van der Waals surface area contributed by atoms with E-state index in [9.17, 15) is 0 Å². The summed E-state index contributed by atoms with van der Waals surface area (Å²) in [7, 11) is 1.67. The van der Waals surface area contributed by atoms with Crippen LogP contribution in [0.1, 0.15) is 24.2 Å². The average Bonchev–Trinajstić information content (AvgIpc) is 2.95. The van der Waals surface area contributed by atoms with Gasteiger partial charge in [-0.2, -0.15) is 4.98 Å². The number of methoxy groups -OCH3 is 1. The molecule has 0 atom stereocenters. The molecule has 0 unspecified atom stereocenters. The van der Waals surface area contributed by atoms with Crippen molar-refractivity contribution in [2.24, 2.45) is 5.73 Å². The molecule has 0 spiro atoms. The highest BCUT2D eigenvalue weighted by atomic mass is 16.5. The van der Waals surface area contributed by atoms with Crippen molar-refractivity contribution < 1.29 is 9.26 Å². The van der Waals surface area contributed by atoms with E-state index < -0.39 is 0 Å². The second-order valence-electron chi connectivity index (χ2n) is 4.46. The molecule has 6 heteroatoms. The molecule has 2 rings (SSSR count). The number of rotatable bonds is 7. The lowest BCUT2D eigenvalue weighted by Gasteiger charge is -2.18. The molecule has 0 radical (unpaired) electrons. The summed E-state index contributed by atoms with van der Waals surface area (Å²) in [5, 5.41) is 3.92. The van der Waals surface area contributed by atoms with Gasteiger partial charge in [0.25, 0.3) is 0 Å². The highest BCUT2D eigenvalue weighted by Crippen LogP contribution is 2.14. The second kappa shape index (κ2) is 7.02. The number of aromatic nitrogens is 2. The summed E-state index contributed by atoms with van der Waals surface area (Å²) in [4.78, 5) is 6.45. The van der Waals surface area contributed by atoms with Crippen molar-refractivity contribution in [3.63, 3.8) is 0 Å². The summed E-state index contributed by atoms with van der Waals surface area (Å²) in [6, 6.07) is 8.04. The predicted molar refractivity (Wildman–Crippen MR) is 75.0 cm³/mol. The highest BCUT2D eigenvalue weighted by molar-refractivity contribution is 5.27. The Bertz CT molecular complexity index is 524. The maximum absolute atomic E-state index is 5.46. The molecule has 0 aliphatic heterocycles. The SMILES string of the molecule is CCN(Cc1ccc(OC)cc1)Cc1noc(CN)n1. The smallest absolute Gasteiger partial charge is 0.240 e. The van der Waals surface area contributed by atoms with E-state index in [2.05, 4.69) is 34.1 Å². The number of hydrogen-bond acceptors (Lipinski definition) is 6. The van der Waals surface area contributed by atoms with Crippen LogP contribution >= 0.6 is 0 Å². The Hall–Kier alpha value is -1.92. The summed E-state index contributed by atoms with van der Waals surface area (Å²) >= 11 is 0. The van der Waals surface area contributed by atoms with Crippen molar-refractivity contribution in [1.82, 2.24) is 15.0 Å². The van der Waals surface area contributed by atoms with Crippen LogP contribution in [0.4, 0.5) is 0 Å². The second-order valence-corrected chi connectivity index (χ2v) is 4.46. The Morgan fingerprint density at radius 2 is 2.00 bits per heavy atom. The zero-order valence-corrected chi connectivity index (χ0v) is 11.9. The predicted octanol–water partition coefficient (Wildman–Crippen LogP) is 1.56. The summed E-state index contributed by atoms with van der Waals surface area (Å²) < 4.78 is 10.2. The molecular formula is C14H20N4O2. The number of hydrogen-bond donors (Lipinski definition) is 1. The molecule has 0 fully saturated rings. The van der Waals surface area contributed by atoms with Gasteiger partial charge in [-0.25, -0.2) is 0 Å². The van der Waals surface area contributed by atoms with Crippen molar-refractivity contribution in [1.29, 1.82) is 0 Å². The topological polar surface area (TPSA) is 77.4 Å². The normalized spacial score (nSPS) is 11.0. The largest absolute Gasteiger partial charge is 0.497 e. The zero-order valence-electron chi connectivity index (χ0n) is 11.9. The van der Waals surface area contributed by atoms with Crippen molar-refractivity contribution in [2.75, 3.05) is 13.7 Å². The summed E-state index contributed by atoms with van der Waals surface area (Å²) in [6.45, 7) is 4.75. The molecule has 0 aliphatic rings. The number of benzene rings is 1. The summed E-state index contributed by atoms with van der Waals surface area (Å²) in [5.74, 6) is 2.00. The first-order valence-corrected chi connectivity index (χ1v) is 6.62. The molecule has 108 valence electrons. The first-order valence-electron chi connectivity index (χ1n) is 6.62. The Morgan fingerprint density at radius 3 is 2.55 bits per heavy atom. The molecule has 1 aromatic carbocycles. The van der Waals surface area contributed by atoms with Crippen molar-refractivity contribution in [3.8, 4) is 5.75 Å². The number of ether oxygens (including phenoxy) is 1. The van der Waals surface area contributed by atoms with Gasteiger partial charge < -0.3 is 15.0 Å². The van der Waals surface area contributed by atoms with Gasteiger partial charge in [0.15, 0.2) is 5.82 Å². The van der Waals surface area contributed by atoms with E-state index in [1.54, 1.807) is 7.11 Å². The van der Waals surface area contributed by atoms with E-state index in [1.807, 2.05) is 12.1 Å². The van der Waals surface area contributed by atoms with Crippen molar-refractivity contribution in [3.05, 3.63) is 41.5 Å². The van der Waals surface area contributed by atoms with Gasteiger partial charge in [0.05, 0.1) is 20.2 Å². The van der Waals surface area contributed by atoms with Crippen LogP contribution in [0.25, 0.3) is 0 Å². The summed E-state index contributed by atoms with van der Waals surface area (Å²) in [6.07, 6.45) is 0. The van der Waals surface area contributed by atoms with E-state index >= 15 is 0 Å². The maximum Gasteiger partial charge on any atom is 0.240 e. The van der Waals surface area contributed by atoms with Gasteiger partial charge in [-0.15, -0.1) is 0 Å². The molecule has 2 N–H and O–H groups in total. The van der Waals surface area contributed by atoms with Crippen LogP contribution in [0, 0.1) is 0 Å². The first-order chi connectivity index (χ1) is 9.75. The Morgan fingerprint density at radius 1 is 1.25 bits per heavy atom. The van der Waals surface area contributed by atoms with Gasteiger partial charge in [0.1, 0.15) is 5.75 Å². The zero-order chi connectivity index (χ0) is 14.4. The quantitative estimate of drug-likeness (QED) is 0.827. The number of nitrogens with zero attached hydrogens (tertiary/aromatic N) is 3. The molecule has 0 saturated carbocycles. The lowest BCUT2D eigenvalue weighted by Crippen LogP contribution is -2.23. The highest BCUT2D eigenvalue weighted by Gasteiger charge is 2.10. The lowest BCUT2D eigenvalue weighted by atomic mass is 10.2. The van der Waals surface area contributed by atoms with Crippen LogP contribution in [0.5, 0.6) is 5.75 Å². The van der Waals surface area contributed by atoms with Gasteiger partial charge in [0, 0.05) is 6.54 Å². The van der Waals surface area contributed by atoms with Crippen LogP contribution < -0.4 is 10.5 Å². The van der Waals surface area contributed by atoms with Crippen LogP contribution in [0.3, 0.4) is 0 Å². The third-order valence-electron chi connectivity index (χ3n) is 3.06. The Balaban J connectivity index is 1.97. The third-order valence-corrected chi connectivity index (χ3v) is 3.06. The molecule has 2 aromatic rings. The monoisotopic (exact) mass is 276 g/mol. The van der Waals surface area contributed by atoms with Crippen LogP contribution in [-0.4, -0.2) is 28.7 Å². The Kier molecular flexibility index (Phi) is 5.09. The van der Waals surface area contributed by atoms with E-state index in [-0.39, 0.29) is 6.54 Å². The molecular weight excluding hydrogens is 256 g/mol. The summed E-state index contributed by atoms with van der Waals surface area (Å²) in [5.41, 5.74) is 6.67. The van der Waals surface area contributed by atoms with E-state index in [0.29, 0.717) is 18.3 Å². The van der Waals surface area contributed by atoms with Gasteiger partial charge in [-0.3, -0.25) is 4.90 Å². The standard InChI is InChI=1S/C14H20N4O2/c1-3-18(10-13-16-14(8-15)20-17-13)9-11-4-6-12(19-2)7-5-11/h4-7H,3,8-10,15H2,1-2H3. The third kappa shape index (κ3) is 3.79. The van der Waals surface area contributed by atoms with E-state index in [1.165, 1.54) is 5.56 Å². The minimum absolute atomic E-state index is 0.275. The molecule has 0 aliphatic carbocycles. The number of nitrogens with two attached hydrogens (primary N) is 1. The molecule has 1 aromatic heterocycles. The first kappa shape index (κ1) is 14.5. The minimum Gasteiger partial charge on any atom is -0.497 e. The van der Waals surface area contributed by atoms with Crippen LogP contribution in [-0.2, 0) is 19.6 Å². The molecule has 1 heterocycles. The van der Waals surface area contributed by atoms with E-state index in [4.69, 9.17) is 15.0 Å². The van der Waals surface area contributed by atoms with Crippen LogP contribution in [0.15, 0.2) is 28.8 Å². The fourth-order valence-electron chi connectivity index (χ4n) is 1.91. The fraction of sp³-hybridized carbons (Fsp3) is 0.429. The van der Waals surface area contributed by atoms with Crippen molar-refractivity contribution in [2.45, 2.75) is 26.6 Å². The van der Waals surface area contributed by atoms with E-state index in [0.717, 1.165) is 18.8 Å². The molecule has 0 amide bonds. The van der Waals surface area contributed by atoms with Gasteiger partial charge >= 0.3 is 0 Å². The Labute approximate surface area is 118 Å². The maximum atomic E-state index is 5.46. The molecule has 0 saturated heterocycles. The molecule has 6 nitrogen and oxygen atoms in total. The van der Waals surface area contributed by atoms with Crippen molar-refractivity contribution >= 4 is 0 Å². The van der Waals surface area contributed by atoms with Gasteiger partial charge in [0.2, 0.25) is 5.89 Å². The molecule has 20 heavy (non-hydrogen) atoms. The average molecular weight is 276 g/mol. The lowest BCUT2D eigenvalue weighted by molar-refractivity contribution is 0.258. The molecule has 0 bridgehead atoms. The van der Waals surface area contributed by atoms with Crippen LogP contribution in [0.2, 0.25) is 0 Å². The van der Waals surface area contributed by atoms with Gasteiger partial charge in [-0.05, 0) is 24.2 Å². The minimum atomic E-state index is 0.275. The fourth-order valence-corrected chi connectivity index (χ4v) is 1.91.